The van der Waals surface area contributed by atoms with Gasteiger partial charge in [0.15, 0.2) is 4.80 Å². The maximum absolute atomic E-state index is 13.2. The van der Waals surface area contributed by atoms with Gasteiger partial charge in [0, 0.05) is 13.1 Å². The summed E-state index contributed by atoms with van der Waals surface area (Å²) in [6.45, 7) is 5.19. The number of ether oxygens (including phenoxy) is 1. The Hall–Kier alpha value is -2.56. The normalized spacial score (nSPS) is 17.8. The Morgan fingerprint density at radius 3 is 2.66 bits per heavy atom. The van der Waals surface area contributed by atoms with Crippen molar-refractivity contribution in [3.05, 3.63) is 53.1 Å². The Morgan fingerprint density at radius 1 is 1.22 bits per heavy atom. The van der Waals surface area contributed by atoms with Gasteiger partial charge in [-0.1, -0.05) is 17.4 Å². The van der Waals surface area contributed by atoms with Crippen LogP contribution in [0.2, 0.25) is 0 Å². The van der Waals surface area contributed by atoms with Crippen LogP contribution in [0.3, 0.4) is 0 Å². The summed E-state index contributed by atoms with van der Waals surface area (Å²) in [5.41, 5.74) is 0.871. The van der Waals surface area contributed by atoms with Crippen molar-refractivity contribution in [2.75, 3.05) is 13.2 Å². The molecular weight excluding hydrogens is 453 g/mol. The first-order chi connectivity index (χ1) is 15.4. The molecule has 1 saturated heterocycles. The van der Waals surface area contributed by atoms with Crippen molar-refractivity contribution in [2.45, 2.75) is 44.2 Å². The zero-order valence-corrected chi connectivity index (χ0v) is 19.5. The molecule has 1 aliphatic rings. The van der Waals surface area contributed by atoms with Crippen molar-refractivity contribution < 1.29 is 22.3 Å². The van der Waals surface area contributed by atoms with E-state index < -0.39 is 27.8 Å². The van der Waals surface area contributed by atoms with Crippen LogP contribution in [0.25, 0.3) is 10.2 Å². The highest BCUT2D eigenvalue weighted by molar-refractivity contribution is 7.89. The van der Waals surface area contributed by atoms with E-state index in [1.807, 2.05) is 36.6 Å². The van der Waals surface area contributed by atoms with Gasteiger partial charge < -0.3 is 9.30 Å². The van der Waals surface area contributed by atoms with Crippen molar-refractivity contribution in [2.24, 2.45) is 4.99 Å². The number of hydrogen-bond donors (Lipinski definition) is 0. The lowest BCUT2D eigenvalue weighted by Crippen LogP contribution is -2.40. The molecule has 32 heavy (non-hydrogen) atoms. The molecule has 1 atom stereocenters. The van der Waals surface area contributed by atoms with Crippen LogP contribution >= 0.6 is 11.3 Å². The minimum atomic E-state index is -3.93. The van der Waals surface area contributed by atoms with Crippen LogP contribution in [0.5, 0.6) is 5.75 Å². The standard InChI is InChI=1S/C22H24FN3O4S2/c1-3-25-20-18(30-4-2)8-5-9-19(20)31-22(25)24-21(27)17-7-6-14-26(17)32(28,29)16-12-10-15(23)11-13-16/h5,8-13,17H,3-4,6-7,14H2,1-2H3. The summed E-state index contributed by atoms with van der Waals surface area (Å²) >= 11 is 1.37. The number of carbonyl (C=O) groups excluding carboxylic acids is 1. The van der Waals surface area contributed by atoms with Gasteiger partial charge in [-0.2, -0.15) is 9.30 Å². The molecule has 7 nitrogen and oxygen atoms in total. The molecule has 2 heterocycles. The fraction of sp³-hybridized carbons (Fsp3) is 0.364. The number of rotatable bonds is 6. The van der Waals surface area contributed by atoms with Gasteiger partial charge >= 0.3 is 0 Å². The highest BCUT2D eigenvalue weighted by Gasteiger charge is 2.39. The van der Waals surface area contributed by atoms with Crippen LogP contribution in [0.15, 0.2) is 52.4 Å². The molecular formula is C22H24FN3O4S2. The number of carbonyl (C=O) groups is 1. The molecule has 10 heteroatoms. The quantitative estimate of drug-likeness (QED) is 0.544. The molecule has 4 rings (SSSR count). The molecule has 1 fully saturated rings. The minimum Gasteiger partial charge on any atom is -0.492 e. The molecule has 1 aliphatic heterocycles. The molecule has 1 unspecified atom stereocenters. The SMILES string of the molecule is CCOc1cccc2sc(=NC(=O)C3CCCN3S(=O)(=O)c3ccc(F)cc3)n(CC)c12. The maximum Gasteiger partial charge on any atom is 0.266 e. The number of sulfonamides is 1. The Kier molecular flexibility index (Phi) is 6.45. The number of amides is 1. The molecule has 1 amide bonds. The molecule has 1 aromatic heterocycles. The average molecular weight is 478 g/mol. The summed E-state index contributed by atoms with van der Waals surface area (Å²) in [7, 11) is -3.93. The van der Waals surface area contributed by atoms with E-state index in [2.05, 4.69) is 4.99 Å². The van der Waals surface area contributed by atoms with Gasteiger partial charge in [0.1, 0.15) is 23.1 Å². The summed E-state index contributed by atoms with van der Waals surface area (Å²) in [4.78, 5) is 18.0. The van der Waals surface area contributed by atoms with Crippen LogP contribution in [-0.4, -0.2) is 42.4 Å². The van der Waals surface area contributed by atoms with Gasteiger partial charge in [0.25, 0.3) is 5.91 Å². The van der Waals surface area contributed by atoms with Crippen molar-refractivity contribution in [1.29, 1.82) is 0 Å². The van der Waals surface area contributed by atoms with Gasteiger partial charge in [-0.15, -0.1) is 0 Å². The maximum atomic E-state index is 13.2. The van der Waals surface area contributed by atoms with E-state index in [4.69, 9.17) is 4.74 Å². The van der Waals surface area contributed by atoms with E-state index in [0.29, 0.717) is 30.8 Å². The third-order valence-electron chi connectivity index (χ3n) is 5.39. The first-order valence-electron chi connectivity index (χ1n) is 10.5. The number of benzene rings is 2. The Balaban J connectivity index is 1.72. The number of aromatic nitrogens is 1. The van der Waals surface area contributed by atoms with E-state index >= 15 is 0 Å². The van der Waals surface area contributed by atoms with Gasteiger partial charge in [-0.25, -0.2) is 12.8 Å². The third-order valence-corrected chi connectivity index (χ3v) is 8.36. The van der Waals surface area contributed by atoms with Crippen LogP contribution in [-0.2, 0) is 21.4 Å². The number of halogens is 1. The number of nitrogens with zero attached hydrogens (tertiary/aromatic N) is 3. The fourth-order valence-electron chi connectivity index (χ4n) is 3.93. The lowest BCUT2D eigenvalue weighted by atomic mass is 10.2. The first-order valence-corrected chi connectivity index (χ1v) is 12.7. The highest BCUT2D eigenvalue weighted by atomic mass is 32.2. The number of fused-ring (bicyclic) bond motifs is 1. The van der Waals surface area contributed by atoms with Crippen molar-refractivity contribution in [1.82, 2.24) is 8.87 Å². The van der Waals surface area contributed by atoms with E-state index in [0.717, 1.165) is 28.1 Å². The molecule has 0 N–H and O–H groups in total. The molecule has 170 valence electrons. The van der Waals surface area contributed by atoms with Crippen molar-refractivity contribution >= 4 is 37.5 Å². The molecule has 3 aromatic rings. The zero-order valence-electron chi connectivity index (χ0n) is 17.8. The highest BCUT2D eigenvalue weighted by Crippen LogP contribution is 2.29. The minimum absolute atomic E-state index is 0.0366. The zero-order chi connectivity index (χ0) is 22.9. The monoisotopic (exact) mass is 477 g/mol. The van der Waals surface area contributed by atoms with Gasteiger partial charge in [-0.3, -0.25) is 4.79 Å². The molecule has 0 bridgehead atoms. The Morgan fingerprint density at radius 2 is 1.97 bits per heavy atom. The second-order valence-corrected chi connectivity index (χ2v) is 10.2. The average Bonchev–Trinajstić information content (AvgIpc) is 3.40. The predicted molar refractivity (Wildman–Crippen MR) is 121 cm³/mol. The fourth-order valence-corrected chi connectivity index (χ4v) is 6.70. The number of thiazole rings is 1. The summed E-state index contributed by atoms with van der Waals surface area (Å²) in [6.07, 6.45) is 0.949. The van der Waals surface area contributed by atoms with E-state index in [-0.39, 0.29) is 11.4 Å². The van der Waals surface area contributed by atoms with Crippen molar-refractivity contribution in [3.63, 3.8) is 0 Å². The predicted octanol–water partition coefficient (Wildman–Crippen LogP) is 3.54. The van der Waals surface area contributed by atoms with Gasteiger partial charge in [0.2, 0.25) is 10.0 Å². The lowest BCUT2D eigenvalue weighted by Gasteiger charge is -2.21. The van der Waals surface area contributed by atoms with Crippen LogP contribution < -0.4 is 9.54 Å². The number of hydrogen-bond acceptors (Lipinski definition) is 5. The van der Waals surface area contributed by atoms with Crippen LogP contribution in [0.4, 0.5) is 4.39 Å². The molecule has 0 aliphatic carbocycles. The summed E-state index contributed by atoms with van der Waals surface area (Å²) < 4.78 is 49.2. The van der Waals surface area contributed by atoms with E-state index in [1.165, 1.54) is 27.8 Å². The largest absolute Gasteiger partial charge is 0.492 e. The van der Waals surface area contributed by atoms with Gasteiger partial charge in [0.05, 0.1) is 16.2 Å². The molecule has 0 saturated carbocycles. The molecule has 2 aromatic carbocycles. The summed E-state index contributed by atoms with van der Waals surface area (Å²) in [6, 6.07) is 9.46. The van der Waals surface area contributed by atoms with E-state index in [1.54, 1.807) is 0 Å². The second kappa shape index (κ2) is 9.13. The van der Waals surface area contributed by atoms with Crippen LogP contribution in [0.1, 0.15) is 26.7 Å². The van der Waals surface area contributed by atoms with E-state index in [9.17, 15) is 17.6 Å². The lowest BCUT2D eigenvalue weighted by molar-refractivity contribution is -0.121. The van der Waals surface area contributed by atoms with Crippen LogP contribution in [0, 0.1) is 5.82 Å². The molecule has 0 spiro atoms. The number of para-hydroxylation sites is 1. The summed E-state index contributed by atoms with van der Waals surface area (Å²) in [5.74, 6) is -0.299. The number of aryl methyl sites for hydroxylation is 1. The molecule has 0 radical (unpaired) electrons. The Labute approximate surface area is 189 Å². The topological polar surface area (TPSA) is 81.0 Å². The van der Waals surface area contributed by atoms with Gasteiger partial charge in [-0.05, 0) is 63.1 Å². The third kappa shape index (κ3) is 4.10. The summed E-state index contributed by atoms with van der Waals surface area (Å²) in [5, 5.41) is 0. The van der Waals surface area contributed by atoms with Crippen molar-refractivity contribution in [3.8, 4) is 5.75 Å². The smallest absolute Gasteiger partial charge is 0.266 e. The first kappa shape index (κ1) is 22.6. The second-order valence-electron chi connectivity index (χ2n) is 7.34. The Bertz CT molecular complexity index is 1310.